The maximum absolute atomic E-state index is 5.01. The van der Waals surface area contributed by atoms with Crippen molar-refractivity contribution in [3.05, 3.63) is 181 Å². The fourth-order valence-electron chi connectivity index (χ4n) is 7.91. The van der Waals surface area contributed by atoms with Crippen molar-refractivity contribution < 1.29 is 0 Å². The highest BCUT2D eigenvalue weighted by atomic mass is 14.7. The number of H-pyrrole nitrogens is 1. The normalized spacial score (nSPS) is 12.0. The summed E-state index contributed by atoms with van der Waals surface area (Å²) < 4.78 is 0. The minimum absolute atomic E-state index is 0.0752. The van der Waals surface area contributed by atoms with Crippen LogP contribution in [-0.2, 0) is 10.8 Å². The largest absolute Gasteiger partial charge is 0.353 e. The minimum atomic E-state index is -0.0893. The molecule has 1 N–H and O–H groups in total. The third-order valence-corrected chi connectivity index (χ3v) is 11.2. The Kier molecular flexibility index (Phi) is 8.97. The van der Waals surface area contributed by atoms with Crippen LogP contribution in [0.2, 0.25) is 0 Å². The van der Waals surface area contributed by atoms with Crippen LogP contribution in [0, 0.1) is 0 Å². The third-order valence-electron chi connectivity index (χ3n) is 11.2. The first-order chi connectivity index (χ1) is 27.5. The molecule has 3 heteroatoms. The molecule has 0 saturated carbocycles. The monoisotopic (exact) mass is 737 g/mol. The quantitative estimate of drug-likeness (QED) is 0.185. The number of hydrogen-bond acceptors (Lipinski definition) is 2. The van der Waals surface area contributed by atoms with E-state index in [1.54, 1.807) is 0 Å². The van der Waals surface area contributed by atoms with Crippen LogP contribution in [0.5, 0.6) is 0 Å². The van der Waals surface area contributed by atoms with E-state index in [4.69, 9.17) is 9.97 Å². The van der Waals surface area contributed by atoms with Gasteiger partial charge in [0.2, 0.25) is 0 Å². The van der Waals surface area contributed by atoms with Crippen molar-refractivity contribution in [3.8, 4) is 67.0 Å². The van der Waals surface area contributed by atoms with Crippen molar-refractivity contribution in [2.75, 3.05) is 0 Å². The lowest BCUT2D eigenvalue weighted by atomic mass is 9.82. The Morgan fingerprint density at radius 3 is 1.30 bits per heavy atom. The molecule has 57 heavy (non-hydrogen) atoms. The van der Waals surface area contributed by atoms with E-state index < -0.39 is 0 Å². The molecule has 0 bridgehead atoms. The zero-order valence-electron chi connectivity index (χ0n) is 33.6. The summed E-state index contributed by atoms with van der Waals surface area (Å²) in [5.41, 5.74) is 18.0. The smallest absolute Gasteiger partial charge is 0.0729 e. The number of nitrogens with zero attached hydrogens (tertiary/aromatic N) is 2. The molecule has 0 amide bonds. The SMILES string of the molecule is CC(C)(C)c1cc(-c2cc(-c3ccccc3)cc(-c3cc(-c4ccccc4)ccn3)c2)c2[nH]c3c(-c4cc(-c5ccccc5)ccn4)cc(C(C)(C)C)cc3c2c1. The average molecular weight is 738 g/mol. The molecule has 0 aliphatic rings. The zero-order chi connectivity index (χ0) is 39.3. The van der Waals surface area contributed by atoms with Gasteiger partial charge < -0.3 is 4.98 Å². The van der Waals surface area contributed by atoms with Crippen molar-refractivity contribution in [2.24, 2.45) is 0 Å². The Bertz CT molecular complexity index is 2890. The van der Waals surface area contributed by atoms with Crippen molar-refractivity contribution >= 4 is 21.8 Å². The van der Waals surface area contributed by atoms with Crippen molar-refractivity contribution in [1.29, 1.82) is 0 Å². The van der Waals surface area contributed by atoms with E-state index in [-0.39, 0.29) is 10.8 Å². The van der Waals surface area contributed by atoms with E-state index in [0.717, 1.165) is 55.8 Å². The van der Waals surface area contributed by atoms with E-state index >= 15 is 0 Å². The molecule has 0 unspecified atom stereocenters. The third kappa shape index (κ3) is 7.06. The van der Waals surface area contributed by atoms with Crippen molar-refractivity contribution in [3.63, 3.8) is 0 Å². The van der Waals surface area contributed by atoms with Gasteiger partial charge in [0, 0.05) is 39.9 Å². The molecule has 9 aromatic rings. The molecule has 3 aromatic heterocycles. The van der Waals surface area contributed by atoms with Crippen LogP contribution in [0.4, 0.5) is 0 Å². The highest BCUT2D eigenvalue weighted by Crippen LogP contribution is 2.44. The van der Waals surface area contributed by atoms with Gasteiger partial charge >= 0.3 is 0 Å². The summed E-state index contributed by atoms with van der Waals surface area (Å²) in [6, 6.07) is 56.9. The number of nitrogens with one attached hydrogen (secondary N) is 1. The highest BCUT2D eigenvalue weighted by Gasteiger charge is 2.24. The van der Waals surface area contributed by atoms with Crippen LogP contribution < -0.4 is 0 Å². The van der Waals surface area contributed by atoms with Gasteiger partial charge in [0.25, 0.3) is 0 Å². The number of fused-ring (bicyclic) bond motifs is 3. The van der Waals surface area contributed by atoms with E-state index in [2.05, 4.69) is 204 Å². The molecular formula is C54H47N3. The van der Waals surface area contributed by atoms with Gasteiger partial charge in [-0.05, 0) is 128 Å². The molecule has 3 heterocycles. The van der Waals surface area contributed by atoms with Crippen LogP contribution in [0.1, 0.15) is 52.7 Å². The lowest BCUT2D eigenvalue weighted by Gasteiger charge is -2.22. The van der Waals surface area contributed by atoms with E-state index in [1.807, 2.05) is 12.4 Å². The summed E-state index contributed by atoms with van der Waals surface area (Å²) in [7, 11) is 0. The Morgan fingerprint density at radius 1 is 0.351 bits per heavy atom. The fraction of sp³-hybridized carbons (Fsp3) is 0.148. The molecule has 6 aromatic carbocycles. The first kappa shape index (κ1) is 36.1. The molecule has 0 fully saturated rings. The van der Waals surface area contributed by atoms with Crippen LogP contribution in [0.25, 0.3) is 88.8 Å². The standard InChI is InChI=1S/C54H47N3/c1-53(2,3)43-31-45(41-26-40(37-20-14-9-15-21-37)27-42(28-41)49-29-38(22-24-55-49)35-16-10-7-11-17-35)51-46(32-43)47-33-44(54(4,5)6)34-48(52(47)57-51)50-30-39(23-25-56-50)36-18-12-8-13-19-36/h7-34,57H,1-6H3. The number of aromatic nitrogens is 3. The van der Waals surface area contributed by atoms with Gasteiger partial charge in [-0.2, -0.15) is 0 Å². The molecule has 0 aliphatic heterocycles. The van der Waals surface area contributed by atoms with E-state index in [1.165, 1.54) is 44.2 Å². The summed E-state index contributed by atoms with van der Waals surface area (Å²) in [5, 5.41) is 2.43. The Morgan fingerprint density at radius 2 is 0.772 bits per heavy atom. The minimum Gasteiger partial charge on any atom is -0.353 e. The van der Waals surface area contributed by atoms with Gasteiger partial charge in [0.1, 0.15) is 0 Å². The zero-order valence-corrected chi connectivity index (χ0v) is 33.6. The maximum atomic E-state index is 5.01. The molecule has 0 aliphatic carbocycles. The number of benzene rings is 6. The predicted octanol–water partition coefficient (Wildman–Crippen LogP) is 14.7. The van der Waals surface area contributed by atoms with Gasteiger partial charge in [0.05, 0.1) is 22.4 Å². The topological polar surface area (TPSA) is 41.6 Å². The van der Waals surface area contributed by atoms with Gasteiger partial charge in [-0.1, -0.05) is 133 Å². The highest BCUT2D eigenvalue weighted by molar-refractivity contribution is 6.16. The van der Waals surface area contributed by atoms with Crippen molar-refractivity contribution in [1.82, 2.24) is 15.0 Å². The molecule has 0 radical (unpaired) electrons. The molecule has 278 valence electrons. The summed E-state index contributed by atoms with van der Waals surface area (Å²) >= 11 is 0. The van der Waals surface area contributed by atoms with Gasteiger partial charge in [0.15, 0.2) is 0 Å². The number of rotatable bonds is 6. The fourth-order valence-corrected chi connectivity index (χ4v) is 7.91. The van der Waals surface area contributed by atoms with Crippen LogP contribution in [-0.4, -0.2) is 15.0 Å². The first-order valence-corrected chi connectivity index (χ1v) is 19.9. The summed E-state index contributed by atoms with van der Waals surface area (Å²) in [6.45, 7) is 13.8. The Hall–Kier alpha value is -6.58. The van der Waals surface area contributed by atoms with Crippen LogP contribution >= 0.6 is 0 Å². The van der Waals surface area contributed by atoms with E-state index in [9.17, 15) is 0 Å². The molecule has 0 atom stereocenters. The van der Waals surface area contributed by atoms with Gasteiger partial charge in [-0.25, -0.2) is 0 Å². The van der Waals surface area contributed by atoms with Gasteiger partial charge in [-0.3, -0.25) is 9.97 Å². The van der Waals surface area contributed by atoms with Crippen molar-refractivity contribution in [2.45, 2.75) is 52.4 Å². The second-order valence-electron chi connectivity index (χ2n) is 17.3. The lowest BCUT2D eigenvalue weighted by Crippen LogP contribution is -2.11. The number of pyridine rings is 2. The summed E-state index contributed by atoms with van der Waals surface area (Å²) in [6.07, 6.45) is 3.87. The number of hydrogen-bond donors (Lipinski definition) is 1. The predicted molar refractivity (Wildman–Crippen MR) is 241 cm³/mol. The first-order valence-electron chi connectivity index (χ1n) is 19.9. The molecule has 0 spiro atoms. The van der Waals surface area contributed by atoms with Crippen LogP contribution in [0.3, 0.4) is 0 Å². The number of aromatic amines is 1. The summed E-state index contributed by atoms with van der Waals surface area (Å²) in [5.74, 6) is 0. The van der Waals surface area contributed by atoms with Gasteiger partial charge in [-0.15, -0.1) is 0 Å². The van der Waals surface area contributed by atoms with E-state index in [0.29, 0.717) is 0 Å². The lowest BCUT2D eigenvalue weighted by molar-refractivity contribution is 0.590. The van der Waals surface area contributed by atoms with Crippen LogP contribution in [0.15, 0.2) is 170 Å². The maximum Gasteiger partial charge on any atom is 0.0729 e. The second-order valence-corrected chi connectivity index (χ2v) is 17.3. The molecular weight excluding hydrogens is 691 g/mol. The summed E-state index contributed by atoms with van der Waals surface area (Å²) in [4.78, 5) is 14.0. The molecule has 0 saturated heterocycles. The molecule has 9 rings (SSSR count). The Labute approximate surface area is 336 Å². The molecule has 3 nitrogen and oxygen atoms in total. The Balaban J connectivity index is 1.32. The average Bonchev–Trinajstić information content (AvgIpc) is 3.62. The second kappa shape index (κ2) is 14.2.